The molecule has 0 saturated carbocycles. The van der Waals surface area contributed by atoms with E-state index in [0.29, 0.717) is 30.3 Å². The van der Waals surface area contributed by atoms with Gasteiger partial charge in [0.2, 0.25) is 15.9 Å². The molecule has 2 heterocycles. The maximum atomic E-state index is 13.7. The van der Waals surface area contributed by atoms with Gasteiger partial charge in [0.15, 0.2) is 0 Å². The van der Waals surface area contributed by atoms with Gasteiger partial charge in [-0.05, 0) is 81.2 Å². The van der Waals surface area contributed by atoms with Crippen molar-refractivity contribution in [1.82, 2.24) is 14.1 Å². The van der Waals surface area contributed by atoms with E-state index in [-0.39, 0.29) is 30.4 Å². The lowest BCUT2D eigenvalue weighted by molar-refractivity contribution is -0.132. The Hall–Kier alpha value is -2.65. The second-order valence-electron chi connectivity index (χ2n) is 9.76. The monoisotopic (exact) mass is 557 g/mol. The van der Waals surface area contributed by atoms with E-state index >= 15 is 0 Å². The highest BCUT2D eigenvalue weighted by Crippen LogP contribution is 2.20. The van der Waals surface area contributed by atoms with E-state index in [1.807, 2.05) is 49.4 Å². The second kappa shape index (κ2) is 13.4. The van der Waals surface area contributed by atoms with Crippen molar-refractivity contribution in [3.05, 3.63) is 88.8 Å². The maximum absolute atomic E-state index is 13.7. The highest BCUT2D eigenvalue weighted by Gasteiger charge is 2.29. The Morgan fingerprint density at radius 3 is 2.32 bits per heavy atom. The van der Waals surface area contributed by atoms with Crippen molar-refractivity contribution in [3.63, 3.8) is 0 Å². The molecule has 0 unspecified atom stereocenters. The molecule has 0 aliphatic carbocycles. The summed E-state index contributed by atoms with van der Waals surface area (Å²) < 4.78 is 34.4. The third-order valence-electron chi connectivity index (χ3n) is 6.89. The number of rotatable bonds is 12. The number of hydrogen-bond donors (Lipinski definition) is 0. The molecule has 0 atom stereocenters. The van der Waals surface area contributed by atoms with Crippen LogP contribution < -0.4 is 0 Å². The molecule has 7 nitrogen and oxygen atoms in total. The number of benzene rings is 2. The Labute approximate surface area is 231 Å². The molecule has 1 aliphatic rings. The largest absolute Gasteiger partial charge is 0.464 e. The number of halogens is 1. The lowest BCUT2D eigenvalue weighted by Crippen LogP contribution is -2.46. The molecule has 0 spiro atoms. The van der Waals surface area contributed by atoms with Gasteiger partial charge in [-0.3, -0.25) is 4.79 Å². The second-order valence-corrected chi connectivity index (χ2v) is 12.1. The SMILES string of the molecule is Cc1ccc(CN(CCc2ccccc2)C(=O)CN(CCN2CCCCC2)S(=O)(=O)c2ccc(Cl)cc2)o1. The summed E-state index contributed by atoms with van der Waals surface area (Å²) in [6.45, 7) is 5.07. The first kappa shape index (κ1) is 28.4. The molecule has 38 heavy (non-hydrogen) atoms. The zero-order valence-corrected chi connectivity index (χ0v) is 23.5. The summed E-state index contributed by atoms with van der Waals surface area (Å²) in [6.07, 6.45) is 4.08. The van der Waals surface area contributed by atoms with E-state index in [9.17, 15) is 13.2 Å². The Morgan fingerprint density at radius 2 is 1.66 bits per heavy atom. The molecular formula is C29H36ClN3O4S. The number of nitrogens with zero attached hydrogens (tertiary/aromatic N) is 3. The van der Waals surface area contributed by atoms with E-state index in [1.54, 1.807) is 17.0 Å². The fraction of sp³-hybridized carbons (Fsp3) is 0.414. The zero-order valence-electron chi connectivity index (χ0n) is 21.9. The Bertz CT molecular complexity index is 1270. The topological polar surface area (TPSA) is 74.1 Å². The minimum atomic E-state index is -3.91. The molecule has 1 aliphatic heterocycles. The highest BCUT2D eigenvalue weighted by atomic mass is 35.5. The van der Waals surface area contributed by atoms with Crippen LogP contribution in [0.2, 0.25) is 5.02 Å². The Balaban J connectivity index is 1.54. The van der Waals surface area contributed by atoms with Gasteiger partial charge in [0.05, 0.1) is 18.0 Å². The van der Waals surface area contributed by atoms with Gasteiger partial charge in [0.1, 0.15) is 11.5 Å². The summed E-state index contributed by atoms with van der Waals surface area (Å²) in [5, 5.41) is 0.459. The lowest BCUT2D eigenvalue weighted by Gasteiger charge is -2.31. The Morgan fingerprint density at radius 1 is 0.947 bits per heavy atom. The van der Waals surface area contributed by atoms with Gasteiger partial charge in [0, 0.05) is 24.7 Å². The first-order chi connectivity index (χ1) is 18.3. The first-order valence-corrected chi connectivity index (χ1v) is 15.0. The van der Waals surface area contributed by atoms with E-state index in [4.69, 9.17) is 16.0 Å². The van der Waals surface area contributed by atoms with E-state index in [1.165, 1.54) is 22.9 Å². The van der Waals surface area contributed by atoms with Crippen LogP contribution in [0.25, 0.3) is 0 Å². The number of likely N-dealkylation sites (tertiary alicyclic amines) is 1. The van der Waals surface area contributed by atoms with Crippen LogP contribution in [-0.4, -0.2) is 67.7 Å². The molecule has 0 bridgehead atoms. The summed E-state index contributed by atoms with van der Waals surface area (Å²) >= 11 is 6.01. The standard InChI is InChI=1S/C29H36ClN3O4S/c1-24-10-13-27(37-24)22-32(19-16-25-8-4-2-5-9-25)29(34)23-33(21-20-31-17-6-3-7-18-31)38(35,36)28-14-11-26(30)12-15-28/h2,4-5,8-15H,3,6-7,16-23H2,1H3. The van der Waals surface area contributed by atoms with Crippen molar-refractivity contribution < 1.29 is 17.6 Å². The van der Waals surface area contributed by atoms with Crippen LogP contribution in [0.1, 0.15) is 36.3 Å². The van der Waals surface area contributed by atoms with Crippen LogP contribution in [0.15, 0.2) is 76.0 Å². The number of carbonyl (C=O) groups is 1. The van der Waals surface area contributed by atoms with Crippen LogP contribution >= 0.6 is 11.6 Å². The Kier molecular flexibility index (Phi) is 10.0. The fourth-order valence-electron chi connectivity index (χ4n) is 4.69. The molecule has 3 aromatic rings. The van der Waals surface area contributed by atoms with Crippen molar-refractivity contribution >= 4 is 27.5 Å². The average molecular weight is 558 g/mol. The molecule has 1 aromatic heterocycles. The minimum Gasteiger partial charge on any atom is -0.464 e. The van der Waals surface area contributed by atoms with Crippen molar-refractivity contribution in [1.29, 1.82) is 0 Å². The van der Waals surface area contributed by atoms with Crippen LogP contribution in [-0.2, 0) is 27.8 Å². The van der Waals surface area contributed by atoms with Gasteiger partial charge in [-0.2, -0.15) is 4.31 Å². The van der Waals surface area contributed by atoms with Crippen molar-refractivity contribution in [2.75, 3.05) is 39.3 Å². The van der Waals surface area contributed by atoms with Gasteiger partial charge in [0.25, 0.3) is 0 Å². The van der Waals surface area contributed by atoms with E-state index < -0.39 is 10.0 Å². The van der Waals surface area contributed by atoms with Crippen LogP contribution in [0.4, 0.5) is 0 Å². The molecule has 1 saturated heterocycles. The number of furan rings is 1. The van der Waals surface area contributed by atoms with Crippen molar-refractivity contribution in [3.8, 4) is 0 Å². The summed E-state index contributed by atoms with van der Waals surface area (Å²) in [6, 6.07) is 19.8. The summed E-state index contributed by atoms with van der Waals surface area (Å²) in [5.74, 6) is 1.18. The summed E-state index contributed by atoms with van der Waals surface area (Å²) in [4.78, 5) is 17.8. The number of carbonyl (C=O) groups excluding carboxylic acids is 1. The highest BCUT2D eigenvalue weighted by molar-refractivity contribution is 7.89. The summed E-state index contributed by atoms with van der Waals surface area (Å²) in [7, 11) is -3.91. The molecule has 0 N–H and O–H groups in total. The van der Waals surface area contributed by atoms with Crippen LogP contribution in [0.5, 0.6) is 0 Å². The maximum Gasteiger partial charge on any atom is 0.243 e. The number of sulfonamides is 1. The van der Waals surface area contributed by atoms with E-state index in [2.05, 4.69) is 4.90 Å². The van der Waals surface area contributed by atoms with Crippen molar-refractivity contribution in [2.45, 2.75) is 44.0 Å². The predicted octanol–water partition coefficient (Wildman–Crippen LogP) is 4.99. The average Bonchev–Trinajstić information content (AvgIpc) is 3.34. The number of hydrogen-bond acceptors (Lipinski definition) is 5. The van der Waals surface area contributed by atoms with Gasteiger partial charge in [-0.1, -0.05) is 48.4 Å². The van der Waals surface area contributed by atoms with Crippen LogP contribution in [0, 0.1) is 6.92 Å². The van der Waals surface area contributed by atoms with Gasteiger partial charge in [-0.15, -0.1) is 0 Å². The molecular weight excluding hydrogens is 522 g/mol. The molecule has 1 fully saturated rings. The lowest BCUT2D eigenvalue weighted by atomic mass is 10.1. The van der Waals surface area contributed by atoms with Crippen LogP contribution in [0.3, 0.4) is 0 Å². The minimum absolute atomic E-state index is 0.130. The van der Waals surface area contributed by atoms with Gasteiger partial charge < -0.3 is 14.2 Å². The van der Waals surface area contributed by atoms with Gasteiger partial charge in [-0.25, -0.2) is 8.42 Å². The first-order valence-electron chi connectivity index (χ1n) is 13.2. The molecule has 204 valence electrons. The molecule has 4 rings (SSSR count). The number of amides is 1. The number of aryl methyl sites for hydroxylation is 1. The predicted molar refractivity (Wildman–Crippen MR) is 150 cm³/mol. The van der Waals surface area contributed by atoms with Crippen molar-refractivity contribution in [2.24, 2.45) is 0 Å². The van der Waals surface area contributed by atoms with E-state index in [0.717, 1.165) is 37.3 Å². The smallest absolute Gasteiger partial charge is 0.243 e. The zero-order chi connectivity index (χ0) is 27.0. The quantitative estimate of drug-likeness (QED) is 0.314. The third kappa shape index (κ3) is 7.93. The molecule has 0 radical (unpaired) electrons. The summed E-state index contributed by atoms with van der Waals surface area (Å²) in [5.41, 5.74) is 1.11. The molecule has 9 heteroatoms. The molecule has 1 amide bonds. The normalized spacial score (nSPS) is 14.6. The third-order valence-corrected chi connectivity index (χ3v) is 9.00. The number of piperidine rings is 1. The fourth-order valence-corrected chi connectivity index (χ4v) is 6.19. The van der Waals surface area contributed by atoms with Gasteiger partial charge >= 0.3 is 0 Å². The molecule has 2 aromatic carbocycles.